The fourth-order valence-corrected chi connectivity index (χ4v) is 4.35. The van der Waals surface area contributed by atoms with Crippen LogP contribution in [0.2, 0.25) is 0 Å². The molecule has 2 heterocycles. The van der Waals surface area contributed by atoms with Crippen LogP contribution >= 0.6 is 0 Å². The SMILES string of the molecule is CCc1c(N2CCC(N)CC2)c(F)cc2c(=O)c(C(=O)O)cn(-c3ccc(F)cc3F)c12. The number of aryl methyl sites for hydroxylation is 1. The number of piperidine rings is 1. The van der Waals surface area contributed by atoms with Crippen LogP contribution in [-0.4, -0.2) is 34.8 Å². The van der Waals surface area contributed by atoms with Gasteiger partial charge in [-0.15, -0.1) is 0 Å². The minimum atomic E-state index is -1.53. The van der Waals surface area contributed by atoms with Crippen molar-refractivity contribution in [2.45, 2.75) is 32.2 Å². The number of carbonyl (C=O) groups is 1. The summed E-state index contributed by atoms with van der Waals surface area (Å²) in [5, 5.41) is 9.33. The smallest absolute Gasteiger partial charge is 0.341 e. The van der Waals surface area contributed by atoms with Gasteiger partial charge in [-0.1, -0.05) is 6.92 Å². The molecule has 1 aliphatic rings. The number of aromatic nitrogens is 1. The lowest BCUT2D eigenvalue weighted by molar-refractivity contribution is 0.0695. The number of halogens is 3. The van der Waals surface area contributed by atoms with Gasteiger partial charge in [0.05, 0.1) is 22.3 Å². The summed E-state index contributed by atoms with van der Waals surface area (Å²) in [5.41, 5.74) is 5.23. The molecule has 1 saturated heterocycles. The number of nitrogens with zero attached hydrogens (tertiary/aromatic N) is 2. The van der Waals surface area contributed by atoms with Crippen molar-refractivity contribution in [3.05, 3.63) is 69.3 Å². The summed E-state index contributed by atoms with van der Waals surface area (Å²) in [6.45, 7) is 2.80. The fraction of sp³-hybridized carbons (Fsp3) is 0.304. The van der Waals surface area contributed by atoms with Crippen molar-refractivity contribution in [2.24, 2.45) is 5.73 Å². The van der Waals surface area contributed by atoms with Crippen LogP contribution in [0.4, 0.5) is 18.9 Å². The van der Waals surface area contributed by atoms with Crippen LogP contribution in [-0.2, 0) is 6.42 Å². The van der Waals surface area contributed by atoms with Crippen molar-refractivity contribution < 1.29 is 23.1 Å². The van der Waals surface area contributed by atoms with E-state index in [1.165, 1.54) is 4.57 Å². The summed E-state index contributed by atoms with van der Waals surface area (Å²) in [5.74, 6) is -3.93. The molecule has 0 saturated carbocycles. The lowest BCUT2D eigenvalue weighted by Gasteiger charge is -2.34. The molecule has 3 aromatic rings. The van der Waals surface area contributed by atoms with Crippen molar-refractivity contribution in [3.8, 4) is 5.69 Å². The summed E-state index contributed by atoms with van der Waals surface area (Å²) < 4.78 is 44.8. The summed E-state index contributed by atoms with van der Waals surface area (Å²) in [4.78, 5) is 26.4. The Morgan fingerprint density at radius 2 is 1.84 bits per heavy atom. The van der Waals surface area contributed by atoms with Crippen LogP contribution in [0.5, 0.6) is 0 Å². The Labute approximate surface area is 181 Å². The minimum Gasteiger partial charge on any atom is -0.477 e. The number of rotatable bonds is 4. The molecule has 1 aliphatic heterocycles. The lowest BCUT2D eigenvalue weighted by Crippen LogP contribution is -2.40. The van der Waals surface area contributed by atoms with Gasteiger partial charge in [-0.2, -0.15) is 0 Å². The predicted octanol–water partition coefficient (Wildman–Crippen LogP) is 3.60. The number of benzene rings is 2. The lowest BCUT2D eigenvalue weighted by atomic mass is 9.98. The second-order valence-electron chi connectivity index (χ2n) is 7.90. The van der Waals surface area contributed by atoms with Crippen LogP contribution in [0.25, 0.3) is 16.6 Å². The van der Waals surface area contributed by atoms with E-state index in [0.717, 1.165) is 24.4 Å². The first-order valence-corrected chi connectivity index (χ1v) is 10.3. The second-order valence-corrected chi connectivity index (χ2v) is 7.90. The molecule has 0 bridgehead atoms. The van der Waals surface area contributed by atoms with Crippen molar-refractivity contribution >= 4 is 22.6 Å². The molecule has 1 fully saturated rings. The van der Waals surface area contributed by atoms with Crippen molar-refractivity contribution in [2.75, 3.05) is 18.0 Å². The summed E-state index contributed by atoms with van der Waals surface area (Å²) >= 11 is 0. The highest BCUT2D eigenvalue weighted by atomic mass is 19.1. The molecule has 0 spiro atoms. The number of hydrogen-bond donors (Lipinski definition) is 2. The van der Waals surface area contributed by atoms with Gasteiger partial charge in [0.25, 0.3) is 0 Å². The molecule has 3 N–H and O–H groups in total. The number of carboxylic acids is 1. The largest absolute Gasteiger partial charge is 0.477 e. The van der Waals surface area contributed by atoms with Crippen LogP contribution in [0.15, 0.2) is 35.3 Å². The monoisotopic (exact) mass is 445 g/mol. The van der Waals surface area contributed by atoms with Gasteiger partial charge in [0, 0.05) is 37.0 Å². The Morgan fingerprint density at radius 1 is 1.16 bits per heavy atom. The first-order valence-electron chi connectivity index (χ1n) is 10.3. The van der Waals surface area contributed by atoms with Gasteiger partial charge >= 0.3 is 5.97 Å². The Morgan fingerprint density at radius 3 is 2.44 bits per heavy atom. The number of pyridine rings is 1. The first kappa shape index (κ1) is 21.9. The fourth-order valence-electron chi connectivity index (χ4n) is 4.35. The number of nitrogens with two attached hydrogens (primary N) is 1. The van der Waals surface area contributed by atoms with Gasteiger partial charge in [0.2, 0.25) is 5.43 Å². The predicted molar refractivity (Wildman–Crippen MR) is 115 cm³/mol. The number of anilines is 1. The summed E-state index contributed by atoms with van der Waals surface area (Å²) in [6, 6.07) is 3.88. The van der Waals surface area contributed by atoms with Crippen molar-refractivity contribution in [1.29, 1.82) is 0 Å². The molecule has 168 valence electrons. The Hall–Kier alpha value is -3.33. The molecule has 2 aromatic carbocycles. The van der Waals surface area contributed by atoms with E-state index in [1.807, 2.05) is 4.90 Å². The van der Waals surface area contributed by atoms with Gasteiger partial charge in [0.15, 0.2) is 0 Å². The van der Waals surface area contributed by atoms with E-state index in [9.17, 15) is 23.5 Å². The van der Waals surface area contributed by atoms with E-state index >= 15 is 4.39 Å². The van der Waals surface area contributed by atoms with E-state index in [2.05, 4.69) is 0 Å². The molecule has 0 radical (unpaired) electrons. The molecule has 0 amide bonds. The third kappa shape index (κ3) is 3.62. The average molecular weight is 445 g/mol. The zero-order valence-corrected chi connectivity index (χ0v) is 17.4. The maximum Gasteiger partial charge on any atom is 0.341 e. The van der Waals surface area contributed by atoms with E-state index in [-0.39, 0.29) is 28.3 Å². The second kappa shape index (κ2) is 8.31. The number of hydrogen-bond acceptors (Lipinski definition) is 4. The summed E-state index contributed by atoms with van der Waals surface area (Å²) in [7, 11) is 0. The molecule has 6 nitrogen and oxygen atoms in total. The normalized spacial score (nSPS) is 14.8. The van der Waals surface area contributed by atoms with Crippen LogP contribution in [0.3, 0.4) is 0 Å². The molecule has 4 rings (SSSR count). The van der Waals surface area contributed by atoms with E-state index in [1.54, 1.807) is 6.92 Å². The van der Waals surface area contributed by atoms with Crippen LogP contribution in [0.1, 0.15) is 35.7 Å². The quantitative estimate of drug-likeness (QED) is 0.641. The zero-order chi connectivity index (χ0) is 23.2. The van der Waals surface area contributed by atoms with Gasteiger partial charge in [0.1, 0.15) is 23.0 Å². The van der Waals surface area contributed by atoms with Gasteiger partial charge < -0.3 is 20.3 Å². The maximum atomic E-state index is 15.3. The van der Waals surface area contributed by atoms with E-state index in [0.29, 0.717) is 44.0 Å². The third-order valence-corrected chi connectivity index (χ3v) is 5.92. The summed E-state index contributed by atoms with van der Waals surface area (Å²) in [6.07, 6.45) is 2.63. The molecule has 32 heavy (non-hydrogen) atoms. The number of carboxylic acid groups (broad SMARTS) is 1. The molecule has 1 aromatic heterocycles. The molecule has 0 atom stereocenters. The van der Waals surface area contributed by atoms with Gasteiger partial charge in [-0.3, -0.25) is 4.79 Å². The maximum absolute atomic E-state index is 15.3. The van der Waals surface area contributed by atoms with E-state index in [4.69, 9.17) is 5.73 Å². The number of fused-ring (bicyclic) bond motifs is 1. The highest BCUT2D eigenvalue weighted by Gasteiger charge is 2.27. The van der Waals surface area contributed by atoms with Gasteiger partial charge in [-0.05, 0) is 37.5 Å². The molecule has 9 heteroatoms. The molecular formula is C23H22F3N3O3. The highest BCUT2D eigenvalue weighted by molar-refractivity contribution is 5.96. The zero-order valence-electron chi connectivity index (χ0n) is 17.4. The third-order valence-electron chi connectivity index (χ3n) is 5.92. The molecular weight excluding hydrogens is 423 g/mol. The average Bonchev–Trinajstić information content (AvgIpc) is 2.74. The van der Waals surface area contributed by atoms with Crippen molar-refractivity contribution in [3.63, 3.8) is 0 Å². The van der Waals surface area contributed by atoms with Gasteiger partial charge in [-0.25, -0.2) is 18.0 Å². The first-order chi connectivity index (χ1) is 15.2. The van der Waals surface area contributed by atoms with E-state index < -0.39 is 34.4 Å². The Bertz CT molecular complexity index is 1280. The molecule has 0 unspecified atom stereocenters. The standard InChI is InChI=1S/C23H22F3N3O3/c1-2-14-20-15(10-18(26)21(14)28-7-5-13(27)6-8-28)22(30)16(23(31)32)11-29(20)19-4-3-12(24)9-17(19)25/h3-4,9-11,13H,2,5-8,27H2,1H3,(H,31,32). The minimum absolute atomic E-state index is 0.0180. The Balaban J connectivity index is 2.11. The van der Waals surface area contributed by atoms with Crippen molar-refractivity contribution in [1.82, 2.24) is 4.57 Å². The highest BCUT2D eigenvalue weighted by Crippen LogP contribution is 2.35. The number of aromatic carboxylic acids is 1. The van der Waals surface area contributed by atoms with Crippen LogP contribution in [0, 0.1) is 17.5 Å². The Kier molecular flexibility index (Phi) is 5.68. The van der Waals surface area contributed by atoms with Crippen LogP contribution < -0.4 is 16.1 Å². The molecule has 0 aliphatic carbocycles. The topological polar surface area (TPSA) is 88.6 Å².